The Morgan fingerprint density at radius 1 is 1.17 bits per heavy atom. The van der Waals surface area contributed by atoms with Crippen LogP contribution in [0.3, 0.4) is 0 Å². The molecule has 8 heteroatoms. The Kier molecular flexibility index (Phi) is 9.67. The molecule has 196 valence electrons. The summed E-state index contributed by atoms with van der Waals surface area (Å²) in [6, 6.07) is 11.6. The van der Waals surface area contributed by atoms with Crippen molar-refractivity contribution >= 4 is 5.91 Å². The number of nitrogens with zero attached hydrogens (tertiary/aromatic N) is 2. The smallest absolute Gasteiger partial charge is 0.262 e. The second-order valence-corrected chi connectivity index (χ2v) is 9.84. The number of ether oxygens (including phenoxy) is 2. The maximum atomic E-state index is 13.9. The van der Waals surface area contributed by atoms with E-state index in [2.05, 4.69) is 40.2 Å². The van der Waals surface area contributed by atoms with E-state index in [0.29, 0.717) is 26.2 Å². The number of hydrogen-bond donors (Lipinski definition) is 1. The lowest BCUT2D eigenvalue weighted by Gasteiger charge is -2.29. The summed E-state index contributed by atoms with van der Waals surface area (Å²) in [6.07, 6.45) is 3.58. The predicted octanol–water partition coefficient (Wildman–Crippen LogP) is 3.91. The Hall–Kier alpha value is -2.55. The molecule has 2 aliphatic heterocycles. The zero-order valence-electron chi connectivity index (χ0n) is 21.1. The fraction of sp³-hybridized carbons (Fsp3) is 0.536. The summed E-state index contributed by atoms with van der Waals surface area (Å²) in [5, 5.41) is 3.00. The second-order valence-electron chi connectivity index (χ2n) is 9.84. The Labute approximate surface area is 212 Å². The van der Waals surface area contributed by atoms with Gasteiger partial charge in [-0.15, -0.1) is 0 Å². The first kappa shape index (κ1) is 26.5. The quantitative estimate of drug-likeness (QED) is 0.478. The van der Waals surface area contributed by atoms with Crippen LogP contribution in [0.15, 0.2) is 42.5 Å². The van der Waals surface area contributed by atoms with Gasteiger partial charge in [0.15, 0.2) is 17.7 Å². The van der Waals surface area contributed by atoms with Gasteiger partial charge >= 0.3 is 0 Å². The highest BCUT2D eigenvalue weighted by atomic mass is 19.2. The molecule has 0 spiro atoms. The molecule has 0 bridgehead atoms. The highest BCUT2D eigenvalue weighted by Crippen LogP contribution is 2.20. The van der Waals surface area contributed by atoms with Crippen LogP contribution >= 0.6 is 0 Å². The molecule has 2 aromatic rings. The van der Waals surface area contributed by atoms with Gasteiger partial charge in [0.1, 0.15) is 5.75 Å². The average molecular weight is 502 g/mol. The van der Waals surface area contributed by atoms with Crippen LogP contribution in [-0.4, -0.2) is 73.8 Å². The van der Waals surface area contributed by atoms with Crippen LogP contribution in [0.25, 0.3) is 0 Å². The van der Waals surface area contributed by atoms with Crippen LogP contribution in [-0.2, 0) is 16.1 Å². The van der Waals surface area contributed by atoms with E-state index in [-0.39, 0.29) is 17.8 Å². The van der Waals surface area contributed by atoms with Crippen molar-refractivity contribution in [2.45, 2.75) is 51.4 Å². The molecule has 2 heterocycles. The van der Waals surface area contributed by atoms with Gasteiger partial charge < -0.3 is 19.7 Å². The Balaban J connectivity index is 1.48. The molecule has 2 saturated heterocycles. The van der Waals surface area contributed by atoms with Gasteiger partial charge in [0.05, 0.1) is 6.10 Å². The molecule has 2 fully saturated rings. The SMILES string of the molecule is Cc1cccc(CN(C[C@H]2CCCO2)C[C@H](Oc2ccc(F)c(F)c2)C(=O)NCCN2CCCC2)c1. The maximum absolute atomic E-state index is 13.9. The summed E-state index contributed by atoms with van der Waals surface area (Å²) in [4.78, 5) is 17.8. The molecule has 1 N–H and O–H groups in total. The first-order valence-electron chi connectivity index (χ1n) is 13.0. The topological polar surface area (TPSA) is 54.0 Å². The number of halogens is 2. The van der Waals surface area contributed by atoms with Crippen molar-refractivity contribution in [1.29, 1.82) is 0 Å². The molecule has 6 nitrogen and oxygen atoms in total. The number of carbonyl (C=O) groups is 1. The van der Waals surface area contributed by atoms with E-state index in [0.717, 1.165) is 56.8 Å². The van der Waals surface area contributed by atoms with Crippen molar-refractivity contribution in [2.75, 3.05) is 45.9 Å². The molecule has 2 aromatic carbocycles. The molecular formula is C28H37F2N3O3. The van der Waals surface area contributed by atoms with Gasteiger partial charge in [-0.2, -0.15) is 0 Å². The van der Waals surface area contributed by atoms with E-state index in [9.17, 15) is 13.6 Å². The first-order valence-corrected chi connectivity index (χ1v) is 13.0. The number of aryl methyl sites for hydroxylation is 1. The normalized spacial score (nSPS) is 19.1. The maximum Gasteiger partial charge on any atom is 0.262 e. The van der Waals surface area contributed by atoms with E-state index in [1.54, 1.807) is 0 Å². The minimum absolute atomic E-state index is 0.0944. The molecule has 0 radical (unpaired) electrons. The molecular weight excluding hydrogens is 464 g/mol. The summed E-state index contributed by atoms with van der Waals surface area (Å²) in [6.45, 7) is 7.78. The zero-order chi connectivity index (χ0) is 25.3. The van der Waals surface area contributed by atoms with Crippen LogP contribution in [0.4, 0.5) is 8.78 Å². The highest BCUT2D eigenvalue weighted by Gasteiger charge is 2.27. The molecule has 36 heavy (non-hydrogen) atoms. The van der Waals surface area contributed by atoms with Crippen molar-refractivity contribution in [3.63, 3.8) is 0 Å². The van der Waals surface area contributed by atoms with Gasteiger partial charge in [0, 0.05) is 45.4 Å². The minimum atomic E-state index is -1.00. The number of amides is 1. The lowest BCUT2D eigenvalue weighted by Crippen LogP contribution is -2.48. The predicted molar refractivity (Wildman–Crippen MR) is 135 cm³/mol. The number of nitrogens with one attached hydrogen (secondary N) is 1. The van der Waals surface area contributed by atoms with E-state index in [1.165, 1.54) is 24.5 Å². The van der Waals surface area contributed by atoms with Gasteiger partial charge in [0.25, 0.3) is 5.91 Å². The molecule has 0 aromatic heterocycles. The second kappa shape index (κ2) is 13.1. The summed E-state index contributed by atoms with van der Waals surface area (Å²) in [5.74, 6) is -2.09. The number of hydrogen-bond acceptors (Lipinski definition) is 5. The number of likely N-dealkylation sites (tertiary alicyclic amines) is 1. The van der Waals surface area contributed by atoms with Crippen LogP contribution in [0.5, 0.6) is 5.75 Å². The molecule has 2 atom stereocenters. The van der Waals surface area contributed by atoms with Crippen molar-refractivity contribution in [2.24, 2.45) is 0 Å². The summed E-state index contributed by atoms with van der Waals surface area (Å²) in [7, 11) is 0. The Morgan fingerprint density at radius 3 is 2.72 bits per heavy atom. The van der Waals surface area contributed by atoms with Crippen LogP contribution in [0.2, 0.25) is 0 Å². The van der Waals surface area contributed by atoms with Crippen molar-refractivity contribution in [3.8, 4) is 5.75 Å². The summed E-state index contributed by atoms with van der Waals surface area (Å²) >= 11 is 0. The molecule has 0 saturated carbocycles. The monoisotopic (exact) mass is 501 g/mol. The fourth-order valence-electron chi connectivity index (χ4n) is 4.93. The van der Waals surface area contributed by atoms with Gasteiger partial charge in [-0.05, 0) is 63.4 Å². The minimum Gasteiger partial charge on any atom is -0.479 e. The van der Waals surface area contributed by atoms with E-state index < -0.39 is 17.7 Å². The summed E-state index contributed by atoms with van der Waals surface area (Å²) in [5.41, 5.74) is 2.30. The highest BCUT2D eigenvalue weighted by molar-refractivity contribution is 5.81. The standard InChI is InChI=1S/C28H37F2N3O3/c1-21-6-4-7-22(16-21)18-33(19-24-8-5-15-35-24)20-27(36-23-9-10-25(29)26(30)17-23)28(34)31-11-14-32-12-2-3-13-32/h4,6-7,9-10,16-17,24,27H,2-3,5,8,11-15,18-20H2,1H3,(H,31,34)/t24-,27+/m1/s1. The van der Waals surface area contributed by atoms with E-state index in [4.69, 9.17) is 9.47 Å². The van der Waals surface area contributed by atoms with Gasteiger partial charge in [-0.3, -0.25) is 9.69 Å². The number of benzene rings is 2. The Bertz CT molecular complexity index is 994. The van der Waals surface area contributed by atoms with Crippen molar-refractivity contribution in [1.82, 2.24) is 15.1 Å². The van der Waals surface area contributed by atoms with Crippen molar-refractivity contribution in [3.05, 3.63) is 65.2 Å². The third kappa shape index (κ3) is 7.98. The Morgan fingerprint density at radius 2 is 2.00 bits per heavy atom. The van der Waals surface area contributed by atoms with Gasteiger partial charge in [0.2, 0.25) is 0 Å². The van der Waals surface area contributed by atoms with E-state index >= 15 is 0 Å². The molecule has 0 unspecified atom stereocenters. The average Bonchev–Trinajstić information content (AvgIpc) is 3.55. The summed E-state index contributed by atoms with van der Waals surface area (Å²) < 4.78 is 39.2. The molecule has 1 amide bonds. The molecule has 2 aliphatic rings. The lowest BCUT2D eigenvalue weighted by molar-refractivity contribution is -0.129. The largest absolute Gasteiger partial charge is 0.479 e. The van der Waals surface area contributed by atoms with E-state index in [1.807, 2.05) is 6.07 Å². The third-order valence-electron chi connectivity index (χ3n) is 6.79. The third-order valence-corrected chi connectivity index (χ3v) is 6.79. The van der Waals surface area contributed by atoms with Crippen LogP contribution < -0.4 is 10.1 Å². The fourth-order valence-corrected chi connectivity index (χ4v) is 4.93. The van der Waals surface area contributed by atoms with Crippen molar-refractivity contribution < 1.29 is 23.0 Å². The van der Waals surface area contributed by atoms with Gasteiger partial charge in [-0.25, -0.2) is 8.78 Å². The molecule has 4 rings (SSSR count). The number of carbonyl (C=O) groups excluding carboxylic acids is 1. The van der Waals surface area contributed by atoms with Gasteiger partial charge in [-0.1, -0.05) is 29.8 Å². The first-order chi connectivity index (χ1) is 17.5. The number of rotatable bonds is 12. The molecule has 0 aliphatic carbocycles. The lowest BCUT2D eigenvalue weighted by atomic mass is 10.1. The van der Waals surface area contributed by atoms with Crippen LogP contribution in [0, 0.1) is 18.6 Å². The zero-order valence-corrected chi connectivity index (χ0v) is 21.1. The van der Waals surface area contributed by atoms with Crippen LogP contribution in [0.1, 0.15) is 36.8 Å².